The number of likely N-dealkylation sites (tertiary alicyclic amines) is 1. The molecule has 0 amide bonds. The fourth-order valence-electron chi connectivity index (χ4n) is 7.72. The maximum Gasteiger partial charge on any atom is 0.308 e. The van der Waals surface area contributed by atoms with E-state index in [9.17, 15) is 14.4 Å². The van der Waals surface area contributed by atoms with E-state index < -0.39 is 0 Å². The van der Waals surface area contributed by atoms with Crippen molar-refractivity contribution in [3.05, 3.63) is 24.1 Å². The molecule has 1 fully saturated rings. The summed E-state index contributed by atoms with van der Waals surface area (Å²) in [4.78, 5) is 40.0. The van der Waals surface area contributed by atoms with Crippen LogP contribution in [0.25, 0.3) is 0 Å². The van der Waals surface area contributed by atoms with Crippen molar-refractivity contribution in [1.29, 1.82) is 0 Å². The molecule has 0 radical (unpaired) electrons. The monoisotopic (exact) mass is 786 g/mol. The lowest BCUT2D eigenvalue weighted by atomic mass is 9.94. The Bertz CT molecular complexity index is 1040. The largest absolute Gasteiger partial charge is 0.466 e. The van der Waals surface area contributed by atoms with Crippen LogP contribution >= 0.6 is 0 Å². The van der Waals surface area contributed by atoms with Crippen molar-refractivity contribution in [2.75, 3.05) is 39.5 Å². The first kappa shape index (κ1) is 51.7. The van der Waals surface area contributed by atoms with Crippen LogP contribution in [0.2, 0.25) is 0 Å². The maximum absolute atomic E-state index is 13.2. The lowest BCUT2D eigenvalue weighted by Crippen LogP contribution is -2.31. The number of unbranched alkanes of at least 4 members (excludes halogenated alkanes) is 14. The predicted octanol–water partition coefficient (Wildman–Crippen LogP) is 13.0. The Balaban J connectivity index is 2.23. The van der Waals surface area contributed by atoms with Crippen LogP contribution in [0.1, 0.15) is 213 Å². The topological polar surface area (TPSA) is 82.1 Å². The molecule has 7 nitrogen and oxygen atoms in total. The van der Waals surface area contributed by atoms with Crippen molar-refractivity contribution in [2.24, 2.45) is 17.8 Å². The summed E-state index contributed by atoms with van der Waals surface area (Å²) >= 11 is 0. The Kier molecular flexibility index (Phi) is 35.3. The van der Waals surface area contributed by atoms with Gasteiger partial charge in [-0.1, -0.05) is 148 Å². The Morgan fingerprint density at radius 3 is 1.66 bits per heavy atom. The molecule has 0 aromatic carbocycles. The van der Waals surface area contributed by atoms with Crippen LogP contribution in [0, 0.1) is 17.8 Å². The third kappa shape index (κ3) is 31.7. The van der Waals surface area contributed by atoms with Gasteiger partial charge in [0.15, 0.2) is 0 Å². The molecular formula is C49H87NO6. The minimum absolute atomic E-state index is 0.00745. The minimum atomic E-state index is -0.0840. The van der Waals surface area contributed by atoms with Gasteiger partial charge in [0.25, 0.3) is 0 Å². The predicted molar refractivity (Wildman–Crippen MR) is 233 cm³/mol. The van der Waals surface area contributed by atoms with Gasteiger partial charge in [-0.2, -0.15) is 0 Å². The van der Waals surface area contributed by atoms with Crippen molar-refractivity contribution in [3.63, 3.8) is 0 Å². The molecule has 3 unspecified atom stereocenters. The van der Waals surface area contributed by atoms with Crippen LogP contribution in [0.4, 0.5) is 0 Å². The third-order valence-corrected chi connectivity index (χ3v) is 11.5. The molecule has 3 atom stereocenters. The number of esters is 3. The normalized spacial score (nSPS) is 14.6. The smallest absolute Gasteiger partial charge is 0.308 e. The molecule has 0 aliphatic carbocycles. The molecule has 0 saturated carbocycles. The zero-order valence-corrected chi connectivity index (χ0v) is 36.9. The van der Waals surface area contributed by atoms with Crippen LogP contribution in [0.15, 0.2) is 24.1 Å². The molecule has 0 bridgehead atoms. The zero-order chi connectivity index (χ0) is 40.7. The summed E-state index contributed by atoms with van der Waals surface area (Å²) in [5.41, 5.74) is 5.65. The summed E-state index contributed by atoms with van der Waals surface area (Å²) in [6.45, 7) is 15.2. The Hall–Kier alpha value is -2.33. The molecule has 0 N–H and O–H groups in total. The SMILES string of the molecule is C=C=C=CC(CCCC)CCOC(=O)CCCCCCCCCC(CCCCCCCCCC(=O)OCCC(C)CCCC)C(=O)OCCCN1CCCCC1. The highest BCUT2D eigenvalue weighted by Crippen LogP contribution is 2.22. The summed E-state index contributed by atoms with van der Waals surface area (Å²) in [5.74, 6) is 0.888. The number of piperidine rings is 1. The average Bonchev–Trinajstić information content (AvgIpc) is 3.20. The van der Waals surface area contributed by atoms with Crippen molar-refractivity contribution in [1.82, 2.24) is 4.90 Å². The molecule has 0 spiro atoms. The summed E-state index contributed by atoms with van der Waals surface area (Å²) in [6, 6.07) is 0. The van der Waals surface area contributed by atoms with E-state index in [2.05, 4.69) is 43.7 Å². The van der Waals surface area contributed by atoms with Crippen molar-refractivity contribution in [2.45, 2.75) is 213 Å². The second kappa shape index (κ2) is 38.2. The van der Waals surface area contributed by atoms with Gasteiger partial charge in [0, 0.05) is 19.4 Å². The van der Waals surface area contributed by atoms with Crippen LogP contribution in [-0.4, -0.2) is 62.3 Å². The van der Waals surface area contributed by atoms with Gasteiger partial charge in [-0.3, -0.25) is 14.4 Å². The quantitative estimate of drug-likeness (QED) is 0.0267. The first-order valence-electron chi connectivity index (χ1n) is 23.7. The van der Waals surface area contributed by atoms with Gasteiger partial charge in [0.05, 0.1) is 25.7 Å². The molecule has 7 heteroatoms. The Labute approximate surface area is 345 Å². The maximum atomic E-state index is 13.2. The Morgan fingerprint density at radius 1 is 0.589 bits per heavy atom. The molecule has 1 rings (SSSR count). The number of hydrogen-bond donors (Lipinski definition) is 0. The number of ether oxygens (including phenoxy) is 3. The Morgan fingerprint density at radius 2 is 1.11 bits per heavy atom. The highest BCUT2D eigenvalue weighted by atomic mass is 16.5. The van der Waals surface area contributed by atoms with Crippen molar-refractivity contribution < 1.29 is 28.6 Å². The van der Waals surface area contributed by atoms with Gasteiger partial charge in [0.1, 0.15) is 0 Å². The molecule has 1 heterocycles. The van der Waals surface area contributed by atoms with E-state index in [1.807, 2.05) is 6.08 Å². The average molecular weight is 786 g/mol. The third-order valence-electron chi connectivity index (χ3n) is 11.5. The first-order chi connectivity index (χ1) is 27.4. The van der Waals surface area contributed by atoms with Gasteiger partial charge in [-0.05, 0) is 102 Å². The van der Waals surface area contributed by atoms with E-state index in [0.717, 1.165) is 122 Å². The standard InChI is InChI=1S/C49H87NO6/c1-5-8-29-44(4)36-42-54-47(51)34-24-19-15-11-13-17-22-32-46(49(53)56-41-28-40-50-38-26-21-27-39-50)33-23-18-14-12-16-20-25-35-48(52)55-43-37-45(30-9-6-2)31-10-7-3/h30,44-46H,2,5,7-8,10-29,31-43H2,1,3-4H3. The fourth-order valence-corrected chi connectivity index (χ4v) is 7.72. The number of hydrogen-bond acceptors (Lipinski definition) is 7. The minimum Gasteiger partial charge on any atom is -0.466 e. The number of nitrogens with zero attached hydrogens (tertiary/aromatic N) is 1. The molecule has 1 aliphatic rings. The van der Waals surface area contributed by atoms with Gasteiger partial charge >= 0.3 is 17.9 Å². The molecule has 324 valence electrons. The second-order valence-electron chi connectivity index (χ2n) is 16.8. The molecule has 0 aromatic rings. The van der Waals surface area contributed by atoms with Crippen molar-refractivity contribution in [3.8, 4) is 0 Å². The van der Waals surface area contributed by atoms with Crippen LogP contribution < -0.4 is 0 Å². The van der Waals surface area contributed by atoms with Crippen LogP contribution in [-0.2, 0) is 28.6 Å². The van der Waals surface area contributed by atoms with Crippen LogP contribution in [0.3, 0.4) is 0 Å². The highest BCUT2D eigenvalue weighted by Gasteiger charge is 2.20. The molecular weight excluding hydrogens is 699 g/mol. The zero-order valence-electron chi connectivity index (χ0n) is 36.9. The molecule has 56 heavy (non-hydrogen) atoms. The number of carbonyl (C=O) groups is 3. The fraction of sp³-hybridized carbons (Fsp3) is 0.857. The first-order valence-corrected chi connectivity index (χ1v) is 23.7. The number of allylic oxidation sites excluding steroid dienone is 1. The van der Waals surface area contributed by atoms with E-state index in [4.69, 9.17) is 14.2 Å². The second-order valence-corrected chi connectivity index (χ2v) is 16.8. The van der Waals surface area contributed by atoms with Gasteiger partial charge in [-0.25, -0.2) is 0 Å². The lowest BCUT2D eigenvalue weighted by Gasteiger charge is -2.26. The van der Waals surface area contributed by atoms with Gasteiger partial charge in [-0.15, -0.1) is 0 Å². The van der Waals surface area contributed by atoms with E-state index >= 15 is 0 Å². The lowest BCUT2D eigenvalue weighted by molar-refractivity contribution is -0.149. The molecule has 1 saturated heterocycles. The molecule has 1 aliphatic heterocycles. The summed E-state index contributed by atoms with van der Waals surface area (Å²) < 4.78 is 16.8. The van der Waals surface area contributed by atoms with E-state index in [1.54, 1.807) is 0 Å². The van der Waals surface area contributed by atoms with Gasteiger partial charge < -0.3 is 19.1 Å². The highest BCUT2D eigenvalue weighted by molar-refractivity contribution is 5.72. The van der Waals surface area contributed by atoms with Crippen molar-refractivity contribution >= 4 is 17.9 Å². The molecule has 0 aromatic heterocycles. The van der Waals surface area contributed by atoms with E-state index in [-0.39, 0.29) is 23.8 Å². The van der Waals surface area contributed by atoms with E-state index in [1.165, 1.54) is 77.3 Å². The van der Waals surface area contributed by atoms with Gasteiger partial charge in [0.2, 0.25) is 0 Å². The summed E-state index contributed by atoms with van der Waals surface area (Å²) in [6.07, 6.45) is 34.0. The number of carbonyl (C=O) groups excluding carboxylic acids is 3. The summed E-state index contributed by atoms with van der Waals surface area (Å²) in [5, 5.41) is 0. The van der Waals surface area contributed by atoms with E-state index in [0.29, 0.717) is 44.5 Å². The summed E-state index contributed by atoms with van der Waals surface area (Å²) in [7, 11) is 0. The number of rotatable bonds is 38. The van der Waals surface area contributed by atoms with Crippen LogP contribution in [0.5, 0.6) is 0 Å².